The molecular formula is C15H15ClN2O4S. The first-order valence-corrected chi connectivity index (χ1v) is 8.49. The smallest absolute Gasteiger partial charge is 0.258 e. The van der Waals surface area contributed by atoms with Crippen LogP contribution in [-0.2, 0) is 16.6 Å². The molecule has 0 heterocycles. The predicted octanol–water partition coefficient (Wildman–Crippen LogP) is 3.38. The van der Waals surface area contributed by atoms with Crippen LogP contribution in [0.25, 0.3) is 0 Å². The Balaban J connectivity index is 2.35. The lowest BCUT2D eigenvalue weighted by Gasteiger charge is -2.18. The highest BCUT2D eigenvalue weighted by atomic mass is 35.5. The van der Waals surface area contributed by atoms with Crippen LogP contribution in [0.2, 0.25) is 5.02 Å². The van der Waals surface area contributed by atoms with Gasteiger partial charge in [-0.15, -0.1) is 0 Å². The van der Waals surface area contributed by atoms with Crippen LogP contribution in [0, 0.1) is 17.0 Å². The van der Waals surface area contributed by atoms with E-state index in [1.807, 2.05) is 0 Å². The number of hydrogen-bond donors (Lipinski definition) is 0. The van der Waals surface area contributed by atoms with Crippen molar-refractivity contribution >= 4 is 27.3 Å². The molecule has 6 nitrogen and oxygen atoms in total. The van der Waals surface area contributed by atoms with Crippen molar-refractivity contribution < 1.29 is 13.3 Å². The average Bonchev–Trinajstić information content (AvgIpc) is 2.49. The molecule has 0 aromatic heterocycles. The number of halogens is 1. The second kappa shape index (κ2) is 6.66. The highest BCUT2D eigenvalue weighted by Gasteiger charge is 2.25. The number of nitro groups is 1. The Labute approximate surface area is 139 Å². The van der Waals surface area contributed by atoms with Gasteiger partial charge in [0.25, 0.3) is 5.69 Å². The summed E-state index contributed by atoms with van der Waals surface area (Å²) in [5.74, 6) is 0. The van der Waals surface area contributed by atoms with Crippen LogP contribution in [-0.4, -0.2) is 24.7 Å². The third-order valence-corrected chi connectivity index (χ3v) is 5.59. The normalized spacial score (nSPS) is 11.7. The van der Waals surface area contributed by atoms with Gasteiger partial charge >= 0.3 is 0 Å². The summed E-state index contributed by atoms with van der Waals surface area (Å²) in [7, 11) is -2.41. The zero-order valence-corrected chi connectivity index (χ0v) is 14.1. The minimum Gasteiger partial charge on any atom is -0.258 e. The van der Waals surface area contributed by atoms with E-state index in [4.69, 9.17) is 11.6 Å². The third kappa shape index (κ3) is 3.87. The maximum absolute atomic E-state index is 12.7. The van der Waals surface area contributed by atoms with E-state index in [9.17, 15) is 18.5 Å². The molecule has 2 aromatic carbocycles. The Morgan fingerprint density at radius 3 is 2.35 bits per heavy atom. The van der Waals surface area contributed by atoms with Crippen LogP contribution >= 0.6 is 11.6 Å². The molecule has 0 aliphatic carbocycles. The monoisotopic (exact) mass is 354 g/mol. The van der Waals surface area contributed by atoms with E-state index in [0.717, 1.165) is 15.9 Å². The zero-order valence-electron chi connectivity index (χ0n) is 12.6. The Hall–Kier alpha value is -1.96. The van der Waals surface area contributed by atoms with Crippen molar-refractivity contribution in [3.8, 4) is 0 Å². The zero-order chi connectivity index (χ0) is 17.2. The van der Waals surface area contributed by atoms with E-state index in [1.165, 1.54) is 19.2 Å². The Bertz CT molecular complexity index is 835. The molecule has 0 aliphatic rings. The number of aryl methyl sites for hydroxylation is 1. The molecule has 0 radical (unpaired) electrons. The Morgan fingerprint density at radius 2 is 1.78 bits per heavy atom. The van der Waals surface area contributed by atoms with Crippen LogP contribution in [0.1, 0.15) is 11.1 Å². The van der Waals surface area contributed by atoms with Gasteiger partial charge in [0, 0.05) is 30.7 Å². The van der Waals surface area contributed by atoms with Crippen molar-refractivity contribution in [2.24, 2.45) is 0 Å². The number of nitrogens with zero attached hydrogens (tertiary/aromatic N) is 2. The number of rotatable bonds is 5. The summed E-state index contributed by atoms with van der Waals surface area (Å²) in [6.07, 6.45) is 0. The molecule has 122 valence electrons. The van der Waals surface area contributed by atoms with Crippen molar-refractivity contribution in [1.82, 2.24) is 4.31 Å². The third-order valence-electron chi connectivity index (χ3n) is 3.39. The number of benzene rings is 2. The minimum atomic E-state index is -3.84. The highest BCUT2D eigenvalue weighted by Crippen LogP contribution is 2.25. The molecule has 0 N–H and O–H groups in total. The van der Waals surface area contributed by atoms with Gasteiger partial charge in [-0.2, -0.15) is 4.31 Å². The van der Waals surface area contributed by atoms with E-state index in [-0.39, 0.29) is 17.1 Å². The summed E-state index contributed by atoms with van der Waals surface area (Å²) in [5, 5.41) is 11.4. The van der Waals surface area contributed by atoms with Crippen molar-refractivity contribution in [3.63, 3.8) is 0 Å². The van der Waals surface area contributed by atoms with Crippen molar-refractivity contribution in [2.45, 2.75) is 18.4 Å². The van der Waals surface area contributed by atoms with E-state index in [2.05, 4.69) is 0 Å². The van der Waals surface area contributed by atoms with Gasteiger partial charge < -0.3 is 0 Å². The molecule has 8 heteroatoms. The molecule has 23 heavy (non-hydrogen) atoms. The SMILES string of the molecule is Cc1ccc([N+](=O)[O-])cc1S(=O)(=O)N(C)Cc1ccc(Cl)cc1. The van der Waals surface area contributed by atoms with Crippen LogP contribution in [0.3, 0.4) is 0 Å². The molecule has 0 spiro atoms. The fourth-order valence-corrected chi connectivity index (χ4v) is 3.61. The first-order valence-electron chi connectivity index (χ1n) is 6.67. The number of non-ortho nitro benzene ring substituents is 1. The van der Waals surface area contributed by atoms with E-state index >= 15 is 0 Å². The summed E-state index contributed by atoms with van der Waals surface area (Å²) < 4.78 is 26.5. The van der Waals surface area contributed by atoms with Crippen LogP contribution in [0.4, 0.5) is 5.69 Å². The number of sulfonamides is 1. The van der Waals surface area contributed by atoms with Crippen molar-refractivity contribution in [3.05, 3.63) is 68.7 Å². The van der Waals surface area contributed by atoms with Gasteiger partial charge in [-0.3, -0.25) is 10.1 Å². The lowest BCUT2D eigenvalue weighted by atomic mass is 10.2. The molecule has 0 saturated carbocycles. The van der Waals surface area contributed by atoms with Gasteiger partial charge in [0.15, 0.2) is 0 Å². The molecule has 0 bridgehead atoms. The summed E-state index contributed by atoms with van der Waals surface area (Å²) in [6.45, 7) is 1.74. The molecule has 0 saturated heterocycles. The number of nitro benzene ring substituents is 1. The van der Waals surface area contributed by atoms with Crippen LogP contribution < -0.4 is 0 Å². The van der Waals surface area contributed by atoms with E-state index < -0.39 is 14.9 Å². The first-order chi connectivity index (χ1) is 10.7. The molecule has 2 aromatic rings. The van der Waals surface area contributed by atoms with Crippen molar-refractivity contribution in [2.75, 3.05) is 7.05 Å². The summed E-state index contributed by atoms with van der Waals surface area (Å²) in [4.78, 5) is 10.2. The molecule has 0 fully saturated rings. The fourth-order valence-electron chi connectivity index (χ4n) is 2.08. The average molecular weight is 355 g/mol. The van der Waals surface area contributed by atoms with E-state index in [0.29, 0.717) is 10.6 Å². The second-order valence-corrected chi connectivity index (χ2v) is 7.54. The lowest BCUT2D eigenvalue weighted by Crippen LogP contribution is -2.27. The first kappa shape index (κ1) is 17.4. The maximum atomic E-state index is 12.7. The topological polar surface area (TPSA) is 80.5 Å². The molecular weight excluding hydrogens is 340 g/mol. The molecule has 2 rings (SSSR count). The lowest BCUT2D eigenvalue weighted by molar-refractivity contribution is -0.385. The van der Waals surface area contributed by atoms with Crippen LogP contribution in [0.5, 0.6) is 0 Å². The highest BCUT2D eigenvalue weighted by molar-refractivity contribution is 7.89. The molecule has 0 aliphatic heterocycles. The molecule has 0 atom stereocenters. The summed E-state index contributed by atoms with van der Waals surface area (Å²) in [6, 6.07) is 10.6. The maximum Gasteiger partial charge on any atom is 0.270 e. The largest absolute Gasteiger partial charge is 0.270 e. The standard InChI is InChI=1S/C15H15ClN2O4S/c1-11-3-8-14(18(19)20)9-15(11)23(21,22)17(2)10-12-4-6-13(16)7-5-12/h3-9H,10H2,1-2H3. The number of hydrogen-bond acceptors (Lipinski definition) is 4. The summed E-state index contributed by atoms with van der Waals surface area (Å²) >= 11 is 5.81. The van der Waals surface area contributed by atoms with Gasteiger partial charge in [-0.25, -0.2) is 8.42 Å². The van der Waals surface area contributed by atoms with Gasteiger partial charge in [0.05, 0.1) is 9.82 Å². The molecule has 0 amide bonds. The van der Waals surface area contributed by atoms with Gasteiger partial charge in [-0.05, 0) is 30.2 Å². The van der Waals surface area contributed by atoms with Gasteiger partial charge in [-0.1, -0.05) is 29.8 Å². The minimum absolute atomic E-state index is 0.0665. The predicted molar refractivity (Wildman–Crippen MR) is 87.9 cm³/mol. The molecule has 0 unspecified atom stereocenters. The summed E-state index contributed by atoms with van der Waals surface area (Å²) in [5.41, 5.74) is 0.969. The quantitative estimate of drug-likeness (QED) is 0.609. The van der Waals surface area contributed by atoms with Crippen LogP contribution in [0.15, 0.2) is 47.4 Å². The Morgan fingerprint density at radius 1 is 1.17 bits per heavy atom. The van der Waals surface area contributed by atoms with Crippen molar-refractivity contribution in [1.29, 1.82) is 0 Å². The Kier molecular flexibility index (Phi) is 5.03. The van der Waals surface area contributed by atoms with Gasteiger partial charge in [0.1, 0.15) is 0 Å². The second-order valence-electron chi connectivity index (χ2n) is 5.09. The van der Waals surface area contributed by atoms with Gasteiger partial charge in [0.2, 0.25) is 10.0 Å². The fraction of sp³-hybridized carbons (Fsp3) is 0.200. The van der Waals surface area contributed by atoms with E-state index in [1.54, 1.807) is 31.2 Å².